The summed E-state index contributed by atoms with van der Waals surface area (Å²) >= 11 is 6.09. The molecule has 0 spiro atoms. The van der Waals surface area contributed by atoms with Gasteiger partial charge in [-0.05, 0) is 31.2 Å². The zero-order valence-corrected chi connectivity index (χ0v) is 14.0. The number of halogens is 3. The van der Waals surface area contributed by atoms with Crippen LogP contribution in [0.4, 0.5) is 8.78 Å². The first kappa shape index (κ1) is 17.1. The van der Waals surface area contributed by atoms with Gasteiger partial charge in [0.2, 0.25) is 5.91 Å². The molecule has 0 saturated carbocycles. The molecule has 2 heterocycles. The minimum atomic E-state index is -0.707. The number of amides is 1. The summed E-state index contributed by atoms with van der Waals surface area (Å²) in [4.78, 5) is 16.3. The molecule has 1 N–H and O–H groups in total. The molecule has 0 aliphatic rings. The first-order valence-corrected chi connectivity index (χ1v) is 7.89. The van der Waals surface area contributed by atoms with E-state index in [0.717, 1.165) is 12.1 Å². The molecule has 2 aromatic heterocycles. The van der Waals surface area contributed by atoms with Gasteiger partial charge in [-0.1, -0.05) is 23.7 Å². The topological polar surface area (TPSA) is 46.4 Å². The van der Waals surface area contributed by atoms with Gasteiger partial charge in [-0.25, -0.2) is 13.8 Å². The summed E-state index contributed by atoms with van der Waals surface area (Å²) in [5.74, 6) is -1.80. The highest BCUT2D eigenvalue weighted by atomic mass is 35.5. The number of nitrogens with zero attached hydrogens (tertiary/aromatic N) is 2. The molecule has 25 heavy (non-hydrogen) atoms. The van der Waals surface area contributed by atoms with Gasteiger partial charge >= 0.3 is 0 Å². The summed E-state index contributed by atoms with van der Waals surface area (Å²) in [6.45, 7) is 1.61. The number of hydrogen-bond donors (Lipinski definition) is 1. The third-order valence-corrected chi connectivity index (χ3v) is 3.98. The van der Waals surface area contributed by atoms with Gasteiger partial charge in [-0.3, -0.25) is 9.20 Å². The average Bonchev–Trinajstić information content (AvgIpc) is 2.88. The standard InChI is InChI=1S/C18H14ClF2N3O/c1-11(13-6-5-12(20)10-14(13)21)22-17(25)8-7-15-18(19)23-16-4-2-3-9-24(15)16/h2-11H,1H3,(H,22,25)/b8-7+/t11-/m1/s1. The Morgan fingerprint density at radius 2 is 2.12 bits per heavy atom. The summed E-state index contributed by atoms with van der Waals surface area (Å²) < 4.78 is 28.5. The van der Waals surface area contributed by atoms with Crippen molar-refractivity contribution in [3.8, 4) is 0 Å². The highest BCUT2D eigenvalue weighted by Gasteiger charge is 2.13. The molecule has 1 atom stereocenters. The summed E-state index contributed by atoms with van der Waals surface area (Å²) in [7, 11) is 0. The number of hydrogen-bond acceptors (Lipinski definition) is 2. The maximum atomic E-state index is 13.7. The van der Waals surface area contributed by atoms with Gasteiger partial charge in [-0.15, -0.1) is 0 Å². The zero-order chi connectivity index (χ0) is 18.0. The van der Waals surface area contributed by atoms with Crippen LogP contribution in [0.15, 0.2) is 48.7 Å². The average molecular weight is 362 g/mol. The molecule has 0 unspecified atom stereocenters. The van der Waals surface area contributed by atoms with E-state index in [9.17, 15) is 13.6 Å². The molecule has 0 aliphatic heterocycles. The molecule has 7 heteroatoms. The maximum absolute atomic E-state index is 13.7. The van der Waals surface area contributed by atoms with Crippen molar-refractivity contribution >= 4 is 29.2 Å². The number of nitrogens with one attached hydrogen (secondary N) is 1. The van der Waals surface area contributed by atoms with Crippen molar-refractivity contribution in [3.05, 3.63) is 76.7 Å². The van der Waals surface area contributed by atoms with Crippen LogP contribution in [0.25, 0.3) is 11.7 Å². The van der Waals surface area contributed by atoms with Crippen molar-refractivity contribution in [2.24, 2.45) is 0 Å². The predicted octanol–water partition coefficient (Wildman–Crippen LogP) is 4.16. The molecular weight excluding hydrogens is 348 g/mol. The lowest BCUT2D eigenvalue weighted by molar-refractivity contribution is -0.117. The SMILES string of the molecule is C[C@@H](NC(=O)/C=C/c1c(Cl)nc2ccccn12)c1ccc(F)cc1F. The van der Waals surface area contributed by atoms with Crippen LogP contribution in [0.1, 0.15) is 24.2 Å². The second kappa shape index (κ2) is 7.03. The molecule has 0 bridgehead atoms. The number of rotatable bonds is 4. The number of benzene rings is 1. The van der Waals surface area contributed by atoms with Gasteiger partial charge in [0.25, 0.3) is 0 Å². The Hall–Kier alpha value is -2.73. The fourth-order valence-corrected chi connectivity index (χ4v) is 2.72. The fourth-order valence-electron chi connectivity index (χ4n) is 2.48. The van der Waals surface area contributed by atoms with Gasteiger partial charge in [-0.2, -0.15) is 0 Å². The molecule has 3 rings (SSSR count). The van der Waals surface area contributed by atoms with Crippen molar-refractivity contribution < 1.29 is 13.6 Å². The van der Waals surface area contributed by atoms with Crippen LogP contribution >= 0.6 is 11.6 Å². The number of aromatic nitrogens is 2. The number of carbonyl (C=O) groups excluding carboxylic acids is 1. The molecule has 0 aliphatic carbocycles. The molecule has 3 aromatic rings. The predicted molar refractivity (Wildman–Crippen MR) is 92.2 cm³/mol. The third kappa shape index (κ3) is 3.69. The summed E-state index contributed by atoms with van der Waals surface area (Å²) in [5, 5.41) is 2.90. The van der Waals surface area contributed by atoms with Crippen molar-refractivity contribution in [1.29, 1.82) is 0 Å². The van der Waals surface area contributed by atoms with Crippen molar-refractivity contribution in [1.82, 2.24) is 14.7 Å². The lowest BCUT2D eigenvalue weighted by atomic mass is 10.1. The third-order valence-electron chi connectivity index (χ3n) is 3.70. The summed E-state index contributed by atoms with van der Waals surface area (Å²) in [6.07, 6.45) is 4.61. The van der Waals surface area contributed by atoms with Gasteiger partial charge in [0, 0.05) is 23.9 Å². The molecular formula is C18H14ClF2N3O. The van der Waals surface area contributed by atoms with E-state index < -0.39 is 23.6 Å². The van der Waals surface area contributed by atoms with Gasteiger partial charge in [0.15, 0.2) is 5.15 Å². The highest BCUT2D eigenvalue weighted by Crippen LogP contribution is 2.20. The quantitative estimate of drug-likeness (QED) is 0.709. The molecule has 0 saturated heterocycles. The lowest BCUT2D eigenvalue weighted by Crippen LogP contribution is -2.25. The molecule has 4 nitrogen and oxygen atoms in total. The Morgan fingerprint density at radius 3 is 2.88 bits per heavy atom. The summed E-state index contributed by atoms with van der Waals surface area (Å²) in [5.41, 5.74) is 1.43. The van der Waals surface area contributed by atoms with Crippen LogP contribution in [-0.4, -0.2) is 15.3 Å². The van der Waals surface area contributed by atoms with E-state index in [1.807, 2.05) is 12.1 Å². The monoisotopic (exact) mass is 361 g/mol. The van der Waals surface area contributed by atoms with E-state index in [1.54, 1.807) is 23.6 Å². The maximum Gasteiger partial charge on any atom is 0.244 e. The van der Waals surface area contributed by atoms with E-state index in [4.69, 9.17) is 11.6 Å². The van der Waals surface area contributed by atoms with E-state index in [2.05, 4.69) is 10.3 Å². The fraction of sp³-hybridized carbons (Fsp3) is 0.111. The molecule has 0 radical (unpaired) electrons. The Balaban J connectivity index is 1.75. The minimum Gasteiger partial charge on any atom is -0.346 e. The number of imidazole rings is 1. The first-order valence-electron chi connectivity index (χ1n) is 7.52. The second-order valence-corrected chi connectivity index (χ2v) is 5.80. The van der Waals surface area contributed by atoms with E-state index >= 15 is 0 Å². The van der Waals surface area contributed by atoms with Gasteiger partial charge < -0.3 is 5.32 Å². The zero-order valence-electron chi connectivity index (χ0n) is 13.2. The molecule has 1 aromatic carbocycles. The van der Waals surface area contributed by atoms with E-state index in [0.29, 0.717) is 11.3 Å². The van der Waals surface area contributed by atoms with Gasteiger partial charge in [0.1, 0.15) is 17.3 Å². The van der Waals surface area contributed by atoms with Crippen LogP contribution in [-0.2, 0) is 4.79 Å². The van der Waals surface area contributed by atoms with E-state index in [1.165, 1.54) is 18.2 Å². The normalized spacial score (nSPS) is 12.6. The van der Waals surface area contributed by atoms with Crippen LogP contribution in [0.2, 0.25) is 5.15 Å². The van der Waals surface area contributed by atoms with E-state index in [-0.39, 0.29) is 10.7 Å². The highest BCUT2D eigenvalue weighted by molar-refractivity contribution is 6.31. The molecule has 1 amide bonds. The minimum absolute atomic E-state index is 0.205. The molecule has 128 valence electrons. The number of fused-ring (bicyclic) bond motifs is 1. The first-order chi connectivity index (χ1) is 12.0. The van der Waals surface area contributed by atoms with Crippen molar-refractivity contribution in [2.75, 3.05) is 0 Å². The summed E-state index contributed by atoms with van der Waals surface area (Å²) in [6, 6.07) is 8.07. The number of pyridine rings is 1. The van der Waals surface area contributed by atoms with Crippen LogP contribution in [0, 0.1) is 11.6 Å². The number of carbonyl (C=O) groups is 1. The Kier molecular flexibility index (Phi) is 4.81. The van der Waals surface area contributed by atoms with Crippen LogP contribution < -0.4 is 5.32 Å². The Morgan fingerprint density at radius 1 is 1.32 bits per heavy atom. The van der Waals surface area contributed by atoms with Crippen LogP contribution in [0.5, 0.6) is 0 Å². The smallest absolute Gasteiger partial charge is 0.244 e. The second-order valence-electron chi connectivity index (χ2n) is 5.45. The lowest BCUT2D eigenvalue weighted by Gasteiger charge is -2.13. The van der Waals surface area contributed by atoms with Gasteiger partial charge in [0.05, 0.1) is 11.7 Å². The largest absolute Gasteiger partial charge is 0.346 e. The Bertz CT molecular complexity index is 968. The van der Waals surface area contributed by atoms with Crippen molar-refractivity contribution in [2.45, 2.75) is 13.0 Å². The van der Waals surface area contributed by atoms with Crippen LogP contribution in [0.3, 0.4) is 0 Å². The van der Waals surface area contributed by atoms with Crippen molar-refractivity contribution in [3.63, 3.8) is 0 Å². The molecule has 0 fully saturated rings. The Labute approximate surface area is 147 Å².